The van der Waals surface area contributed by atoms with Crippen LogP contribution < -0.4 is 9.47 Å². The number of carbonyl (C=O) groups is 1. The van der Waals surface area contributed by atoms with E-state index < -0.39 is 5.97 Å². The number of ether oxygens (including phenoxy) is 2. The van der Waals surface area contributed by atoms with Crippen LogP contribution in [-0.2, 0) is 0 Å². The standard InChI is InChI=1S/C23H30N2O4/c26-23(27)20-16-18-6-5-7-21(28-14-12-24-8-1-2-9-24)19(18)17-22(20)29-15-13-25-10-3-4-11-25/h5-7,16-17H,1-4,8-15H2,(H,26,27). The van der Waals surface area contributed by atoms with Crippen LogP contribution in [0.1, 0.15) is 36.0 Å². The zero-order chi connectivity index (χ0) is 20.1. The van der Waals surface area contributed by atoms with Gasteiger partial charge in [-0.25, -0.2) is 4.79 Å². The van der Waals surface area contributed by atoms with Gasteiger partial charge in [-0.3, -0.25) is 9.80 Å². The van der Waals surface area contributed by atoms with E-state index in [2.05, 4.69) is 9.80 Å². The molecule has 1 N–H and O–H groups in total. The minimum Gasteiger partial charge on any atom is -0.492 e. The van der Waals surface area contributed by atoms with E-state index in [0.29, 0.717) is 19.0 Å². The third-order valence-corrected chi connectivity index (χ3v) is 5.90. The molecule has 156 valence electrons. The molecule has 2 aliphatic rings. The van der Waals surface area contributed by atoms with Crippen LogP contribution in [0.25, 0.3) is 10.8 Å². The van der Waals surface area contributed by atoms with Crippen LogP contribution in [0.4, 0.5) is 0 Å². The van der Waals surface area contributed by atoms with Crippen molar-refractivity contribution in [3.05, 3.63) is 35.9 Å². The quantitative estimate of drug-likeness (QED) is 0.698. The summed E-state index contributed by atoms with van der Waals surface area (Å²) in [5, 5.41) is 11.4. The van der Waals surface area contributed by atoms with Gasteiger partial charge in [0, 0.05) is 18.5 Å². The van der Waals surface area contributed by atoms with Crippen molar-refractivity contribution in [2.45, 2.75) is 25.7 Å². The third-order valence-electron chi connectivity index (χ3n) is 5.90. The lowest BCUT2D eigenvalue weighted by molar-refractivity contribution is 0.0692. The monoisotopic (exact) mass is 398 g/mol. The van der Waals surface area contributed by atoms with Gasteiger partial charge in [-0.2, -0.15) is 0 Å². The van der Waals surface area contributed by atoms with E-state index in [9.17, 15) is 9.90 Å². The van der Waals surface area contributed by atoms with Crippen LogP contribution in [-0.4, -0.2) is 73.4 Å². The Morgan fingerprint density at radius 1 is 0.862 bits per heavy atom. The van der Waals surface area contributed by atoms with Crippen molar-refractivity contribution in [3.8, 4) is 11.5 Å². The van der Waals surface area contributed by atoms with Gasteiger partial charge >= 0.3 is 5.97 Å². The molecule has 6 nitrogen and oxygen atoms in total. The number of nitrogens with zero attached hydrogens (tertiary/aromatic N) is 2. The van der Waals surface area contributed by atoms with E-state index >= 15 is 0 Å². The number of aromatic carboxylic acids is 1. The number of carboxylic acid groups (broad SMARTS) is 1. The summed E-state index contributed by atoms with van der Waals surface area (Å²) in [5.41, 5.74) is 0.202. The molecule has 2 heterocycles. The SMILES string of the molecule is O=C(O)c1cc2cccc(OCCN3CCCC3)c2cc1OCCN1CCCC1. The van der Waals surface area contributed by atoms with E-state index in [0.717, 1.165) is 55.8 Å². The molecular weight excluding hydrogens is 368 g/mol. The summed E-state index contributed by atoms with van der Waals surface area (Å²) in [6.45, 7) is 7.36. The van der Waals surface area contributed by atoms with Crippen molar-refractivity contribution in [1.29, 1.82) is 0 Å². The molecule has 2 fully saturated rings. The summed E-state index contributed by atoms with van der Waals surface area (Å²) >= 11 is 0. The molecule has 0 aromatic heterocycles. The minimum atomic E-state index is -0.969. The number of rotatable bonds is 9. The van der Waals surface area contributed by atoms with Crippen molar-refractivity contribution in [2.75, 3.05) is 52.5 Å². The van der Waals surface area contributed by atoms with Gasteiger partial charge in [-0.05, 0) is 75.4 Å². The van der Waals surface area contributed by atoms with Crippen molar-refractivity contribution in [2.24, 2.45) is 0 Å². The third kappa shape index (κ3) is 5.00. The first kappa shape index (κ1) is 20.0. The van der Waals surface area contributed by atoms with Crippen molar-refractivity contribution in [3.63, 3.8) is 0 Å². The molecule has 6 heteroatoms. The predicted octanol–water partition coefficient (Wildman–Crippen LogP) is 3.49. The molecule has 2 aromatic carbocycles. The lowest BCUT2D eigenvalue weighted by Gasteiger charge is -2.18. The second-order valence-electron chi connectivity index (χ2n) is 7.93. The van der Waals surface area contributed by atoms with Crippen molar-refractivity contribution >= 4 is 16.7 Å². The molecule has 0 saturated carbocycles. The average Bonchev–Trinajstić information content (AvgIpc) is 3.42. The molecule has 0 radical (unpaired) electrons. The molecular formula is C23H30N2O4. The maximum absolute atomic E-state index is 11.8. The Hall–Kier alpha value is -2.31. The summed E-state index contributed by atoms with van der Waals surface area (Å²) < 4.78 is 12.0. The minimum absolute atomic E-state index is 0.202. The van der Waals surface area contributed by atoms with Crippen LogP contribution in [0.3, 0.4) is 0 Å². The van der Waals surface area contributed by atoms with Gasteiger partial charge in [-0.1, -0.05) is 12.1 Å². The molecule has 0 bridgehead atoms. The normalized spacial score (nSPS) is 17.8. The molecule has 0 atom stereocenters. The maximum Gasteiger partial charge on any atom is 0.339 e. The summed E-state index contributed by atoms with van der Waals surface area (Å²) in [6, 6.07) is 9.29. The number of fused-ring (bicyclic) bond motifs is 1. The first-order valence-electron chi connectivity index (χ1n) is 10.7. The lowest BCUT2D eigenvalue weighted by Crippen LogP contribution is -2.25. The zero-order valence-corrected chi connectivity index (χ0v) is 16.9. The topological polar surface area (TPSA) is 62.2 Å². The number of likely N-dealkylation sites (tertiary alicyclic amines) is 2. The average molecular weight is 399 g/mol. The van der Waals surface area contributed by atoms with E-state index in [1.807, 2.05) is 24.3 Å². The smallest absolute Gasteiger partial charge is 0.339 e. The molecule has 0 amide bonds. The Balaban J connectivity index is 1.49. The van der Waals surface area contributed by atoms with E-state index in [1.54, 1.807) is 6.07 Å². The van der Waals surface area contributed by atoms with E-state index in [-0.39, 0.29) is 5.56 Å². The molecule has 2 aromatic rings. The fraction of sp³-hybridized carbons (Fsp3) is 0.522. The summed E-state index contributed by atoms with van der Waals surface area (Å²) in [7, 11) is 0. The highest BCUT2D eigenvalue weighted by Gasteiger charge is 2.17. The fourth-order valence-corrected chi connectivity index (χ4v) is 4.27. The van der Waals surface area contributed by atoms with Crippen LogP contribution in [0.15, 0.2) is 30.3 Å². The highest BCUT2D eigenvalue weighted by Crippen LogP contribution is 2.32. The van der Waals surface area contributed by atoms with Crippen LogP contribution in [0.5, 0.6) is 11.5 Å². The largest absolute Gasteiger partial charge is 0.492 e. The molecule has 0 spiro atoms. The Kier molecular flexibility index (Phi) is 6.52. The van der Waals surface area contributed by atoms with Gasteiger partial charge in [0.1, 0.15) is 30.3 Å². The van der Waals surface area contributed by atoms with Gasteiger partial charge < -0.3 is 14.6 Å². The van der Waals surface area contributed by atoms with Gasteiger partial charge in [0.25, 0.3) is 0 Å². The Bertz CT molecular complexity index is 842. The van der Waals surface area contributed by atoms with E-state index in [4.69, 9.17) is 9.47 Å². The Morgan fingerprint density at radius 2 is 1.45 bits per heavy atom. The lowest BCUT2D eigenvalue weighted by atomic mass is 10.0. The summed E-state index contributed by atoms with van der Waals surface area (Å²) in [5.74, 6) is 0.228. The summed E-state index contributed by atoms with van der Waals surface area (Å²) in [4.78, 5) is 16.5. The van der Waals surface area contributed by atoms with Crippen LogP contribution >= 0.6 is 0 Å². The van der Waals surface area contributed by atoms with E-state index in [1.165, 1.54) is 25.7 Å². The molecule has 2 saturated heterocycles. The number of carboxylic acids is 1. The maximum atomic E-state index is 11.8. The molecule has 4 rings (SSSR count). The fourth-order valence-electron chi connectivity index (χ4n) is 4.27. The van der Waals surface area contributed by atoms with Crippen LogP contribution in [0, 0.1) is 0 Å². The first-order valence-corrected chi connectivity index (χ1v) is 10.7. The number of benzene rings is 2. The van der Waals surface area contributed by atoms with Crippen molar-refractivity contribution in [1.82, 2.24) is 9.80 Å². The van der Waals surface area contributed by atoms with Gasteiger partial charge in [-0.15, -0.1) is 0 Å². The first-order chi connectivity index (χ1) is 14.2. The van der Waals surface area contributed by atoms with Gasteiger partial charge in [0.2, 0.25) is 0 Å². The molecule has 2 aliphatic heterocycles. The Morgan fingerprint density at radius 3 is 2.03 bits per heavy atom. The highest BCUT2D eigenvalue weighted by atomic mass is 16.5. The number of hydrogen-bond acceptors (Lipinski definition) is 5. The molecule has 0 aliphatic carbocycles. The summed E-state index contributed by atoms with van der Waals surface area (Å²) in [6.07, 6.45) is 5.00. The van der Waals surface area contributed by atoms with Crippen molar-refractivity contribution < 1.29 is 19.4 Å². The second-order valence-corrected chi connectivity index (χ2v) is 7.93. The predicted molar refractivity (Wildman–Crippen MR) is 113 cm³/mol. The van der Waals surface area contributed by atoms with Gasteiger partial charge in [0.05, 0.1) is 0 Å². The second kappa shape index (κ2) is 9.46. The highest BCUT2D eigenvalue weighted by molar-refractivity contribution is 5.99. The van der Waals surface area contributed by atoms with Crippen LogP contribution in [0.2, 0.25) is 0 Å². The number of hydrogen-bond donors (Lipinski definition) is 1. The molecule has 0 unspecified atom stereocenters. The van der Waals surface area contributed by atoms with Gasteiger partial charge in [0.15, 0.2) is 0 Å². The molecule has 29 heavy (non-hydrogen) atoms. The zero-order valence-electron chi connectivity index (χ0n) is 16.9. The Labute approximate surface area is 172 Å².